The predicted octanol–water partition coefficient (Wildman–Crippen LogP) is 2.66. The quantitative estimate of drug-likeness (QED) is 0.754. The van der Waals surface area contributed by atoms with Crippen molar-refractivity contribution >= 4 is 25.4 Å². The van der Waals surface area contributed by atoms with Crippen LogP contribution in [0.5, 0.6) is 0 Å². The summed E-state index contributed by atoms with van der Waals surface area (Å²) in [5.41, 5.74) is 1.81. The van der Waals surface area contributed by atoms with Crippen molar-refractivity contribution in [1.82, 2.24) is 0 Å². The highest BCUT2D eigenvalue weighted by atomic mass is 32.2. The molecule has 26 heavy (non-hydrogen) atoms. The number of sulfone groups is 2. The van der Waals surface area contributed by atoms with Crippen molar-refractivity contribution in [3.8, 4) is 0 Å². The van der Waals surface area contributed by atoms with Gasteiger partial charge in [-0.2, -0.15) is 0 Å². The Hall–Kier alpha value is -1.86. The second-order valence-electron chi connectivity index (χ2n) is 7.18. The Morgan fingerprint density at radius 2 is 1.54 bits per heavy atom. The number of likely N-dealkylation sites (N-methyl/N-ethyl adjacent to an activating group) is 1. The maximum Gasteiger partial charge on any atom is 0.177 e. The number of anilines is 1. The molecule has 0 radical (unpaired) electrons. The zero-order valence-electron chi connectivity index (χ0n) is 15.1. The summed E-state index contributed by atoms with van der Waals surface area (Å²) in [6, 6.07) is 14.5. The molecule has 3 rings (SSSR count). The van der Waals surface area contributed by atoms with Gasteiger partial charge in [-0.3, -0.25) is 0 Å². The van der Waals surface area contributed by atoms with E-state index in [2.05, 4.69) is 12.1 Å². The summed E-state index contributed by atoms with van der Waals surface area (Å²) in [7, 11) is -5.19. The highest BCUT2D eigenvalue weighted by Crippen LogP contribution is 2.49. The van der Waals surface area contributed by atoms with Gasteiger partial charge >= 0.3 is 0 Å². The monoisotopic (exact) mass is 393 g/mol. The maximum atomic E-state index is 12.3. The van der Waals surface area contributed by atoms with Crippen LogP contribution < -0.4 is 4.90 Å². The van der Waals surface area contributed by atoms with Gasteiger partial charge in [0.05, 0.1) is 15.5 Å². The summed E-state index contributed by atoms with van der Waals surface area (Å²) in [5, 5.41) is 0. The third-order valence-corrected chi connectivity index (χ3v) is 7.19. The molecule has 2 aromatic carbocycles. The maximum absolute atomic E-state index is 12.3. The Labute approximate surface area is 155 Å². The average molecular weight is 394 g/mol. The summed E-state index contributed by atoms with van der Waals surface area (Å²) >= 11 is 0. The van der Waals surface area contributed by atoms with Crippen molar-refractivity contribution in [1.29, 1.82) is 0 Å². The normalized spacial score (nSPS) is 16.3. The Morgan fingerprint density at radius 1 is 0.923 bits per heavy atom. The summed E-state index contributed by atoms with van der Waals surface area (Å²) < 4.78 is 48.2. The molecule has 0 aliphatic heterocycles. The Kier molecular flexibility index (Phi) is 4.65. The van der Waals surface area contributed by atoms with Crippen LogP contribution in [0.3, 0.4) is 0 Å². The van der Waals surface area contributed by atoms with Crippen molar-refractivity contribution in [2.45, 2.75) is 28.0 Å². The standard InChI is InChI=1S/C19H23NO4S2/c1-20(14-19(11-12-19)15-7-5-4-6-8-15)17-10-9-16(25(2,21)22)13-18(17)26(3,23)24/h4-10,13H,11-12,14H2,1-3H3. The number of hydrogen-bond donors (Lipinski definition) is 0. The van der Waals surface area contributed by atoms with Gasteiger partial charge in [-0.25, -0.2) is 16.8 Å². The van der Waals surface area contributed by atoms with E-state index < -0.39 is 19.7 Å². The van der Waals surface area contributed by atoms with Crippen LogP contribution in [-0.2, 0) is 25.1 Å². The lowest BCUT2D eigenvalue weighted by molar-refractivity contribution is 0.599. The number of nitrogens with zero attached hydrogens (tertiary/aromatic N) is 1. The zero-order chi connectivity index (χ0) is 19.2. The number of hydrogen-bond acceptors (Lipinski definition) is 5. The lowest BCUT2D eigenvalue weighted by atomic mass is 9.95. The zero-order valence-corrected chi connectivity index (χ0v) is 16.8. The van der Waals surface area contributed by atoms with Crippen LogP contribution in [0.2, 0.25) is 0 Å². The van der Waals surface area contributed by atoms with E-state index in [0.29, 0.717) is 12.2 Å². The average Bonchev–Trinajstić information content (AvgIpc) is 3.34. The van der Waals surface area contributed by atoms with E-state index in [1.165, 1.54) is 17.7 Å². The predicted molar refractivity (Wildman–Crippen MR) is 103 cm³/mol. The van der Waals surface area contributed by atoms with Crippen LogP contribution in [-0.4, -0.2) is 42.9 Å². The van der Waals surface area contributed by atoms with Crippen LogP contribution in [0.15, 0.2) is 58.3 Å². The smallest absolute Gasteiger partial charge is 0.177 e. The Balaban J connectivity index is 1.99. The minimum Gasteiger partial charge on any atom is -0.373 e. The molecule has 1 fully saturated rings. The molecule has 0 unspecified atom stereocenters. The molecule has 140 valence electrons. The summed E-state index contributed by atoms with van der Waals surface area (Å²) in [6.07, 6.45) is 4.29. The third-order valence-electron chi connectivity index (χ3n) is 4.95. The molecule has 0 spiro atoms. The summed E-state index contributed by atoms with van der Waals surface area (Å²) in [5.74, 6) is 0. The van der Waals surface area contributed by atoms with Gasteiger partial charge in [0.25, 0.3) is 0 Å². The molecule has 2 aromatic rings. The topological polar surface area (TPSA) is 71.5 Å². The first-order valence-electron chi connectivity index (χ1n) is 8.34. The molecule has 1 aliphatic carbocycles. The minimum atomic E-state index is -3.57. The van der Waals surface area contributed by atoms with E-state index in [-0.39, 0.29) is 15.2 Å². The van der Waals surface area contributed by atoms with Crippen LogP contribution in [0.4, 0.5) is 5.69 Å². The lowest BCUT2D eigenvalue weighted by Gasteiger charge is -2.27. The fourth-order valence-corrected chi connectivity index (χ4v) is 5.02. The van der Waals surface area contributed by atoms with Crippen molar-refractivity contribution in [2.75, 3.05) is 31.0 Å². The Morgan fingerprint density at radius 3 is 2.04 bits per heavy atom. The van der Waals surface area contributed by atoms with E-state index in [9.17, 15) is 16.8 Å². The van der Waals surface area contributed by atoms with E-state index in [4.69, 9.17) is 0 Å². The second-order valence-corrected chi connectivity index (χ2v) is 11.2. The fraction of sp³-hybridized carbons (Fsp3) is 0.368. The van der Waals surface area contributed by atoms with Gasteiger partial charge in [0.2, 0.25) is 0 Å². The molecule has 0 saturated heterocycles. The van der Waals surface area contributed by atoms with Crippen molar-refractivity contribution in [3.63, 3.8) is 0 Å². The molecule has 0 heterocycles. The fourth-order valence-electron chi connectivity index (χ4n) is 3.36. The van der Waals surface area contributed by atoms with Crippen molar-refractivity contribution < 1.29 is 16.8 Å². The molecule has 5 nitrogen and oxygen atoms in total. The first-order valence-corrected chi connectivity index (χ1v) is 12.1. The molecule has 0 amide bonds. The number of benzene rings is 2. The highest BCUT2D eigenvalue weighted by Gasteiger charge is 2.45. The molecular formula is C19H23NO4S2. The lowest BCUT2D eigenvalue weighted by Crippen LogP contribution is -2.30. The summed E-state index contributed by atoms with van der Waals surface area (Å²) in [4.78, 5) is 1.98. The van der Waals surface area contributed by atoms with Gasteiger partial charge in [0, 0.05) is 31.5 Å². The van der Waals surface area contributed by atoms with Crippen LogP contribution in [0.25, 0.3) is 0 Å². The van der Waals surface area contributed by atoms with Crippen LogP contribution in [0, 0.1) is 0 Å². The molecule has 0 N–H and O–H groups in total. The molecule has 0 aromatic heterocycles. The summed E-state index contributed by atoms with van der Waals surface area (Å²) in [6.45, 7) is 0.678. The van der Waals surface area contributed by atoms with Crippen molar-refractivity contribution in [2.24, 2.45) is 0 Å². The van der Waals surface area contributed by atoms with E-state index >= 15 is 0 Å². The van der Waals surface area contributed by atoms with Gasteiger partial charge in [-0.15, -0.1) is 0 Å². The highest BCUT2D eigenvalue weighted by molar-refractivity contribution is 7.91. The first kappa shape index (κ1) is 18.9. The molecule has 0 atom stereocenters. The van der Waals surface area contributed by atoms with Gasteiger partial charge in [-0.1, -0.05) is 30.3 Å². The second kappa shape index (κ2) is 6.39. The minimum absolute atomic E-state index is 0.0132. The third kappa shape index (κ3) is 3.78. The first-order chi connectivity index (χ1) is 12.0. The molecule has 0 bridgehead atoms. The molecule has 1 saturated carbocycles. The molecular weight excluding hydrogens is 370 g/mol. The largest absolute Gasteiger partial charge is 0.373 e. The van der Waals surface area contributed by atoms with Gasteiger partial charge in [0.1, 0.15) is 0 Å². The van der Waals surface area contributed by atoms with E-state index in [1.807, 2.05) is 30.1 Å². The molecule has 7 heteroatoms. The van der Waals surface area contributed by atoms with E-state index in [0.717, 1.165) is 25.4 Å². The molecule has 1 aliphatic rings. The van der Waals surface area contributed by atoms with Crippen LogP contribution >= 0.6 is 0 Å². The van der Waals surface area contributed by atoms with Crippen molar-refractivity contribution in [3.05, 3.63) is 54.1 Å². The Bertz CT molecular complexity index is 1020. The number of rotatable bonds is 6. The van der Waals surface area contributed by atoms with Gasteiger partial charge in [0.15, 0.2) is 19.7 Å². The van der Waals surface area contributed by atoms with E-state index in [1.54, 1.807) is 6.07 Å². The SMILES string of the molecule is CN(CC1(c2ccccc2)CC1)c1ccc(S(C)(=O)=O)cc1S(C)(=O)=O. The van der Waals surface area contributed by atoms with Gasteiger partial charge < -0.3 is 4.90 Å². The van der Waals surface area contributed by atoms with Crippen LogP contribution in [0.1, 0.15) is 18.4 Å². The van der Waals surface area contributed by atoms with Gasteiger partial charge in [-0.05, 0) is 36.6 Å².